The second-order valence-corrected chi connectivity index (χ2v) is 7.66. The molecule has 5 nitrogen and oxygen atoms in total. The summed E-state index contributed by atoms with van der Waals surface area (Å²) in [4.78, 5) is 7.84. The Morgan fingerprint density at radius 1 is 1.21 bits per heavy atom. The van der Waals surface area contributed by atoms with Crippen molar-refractivity contribution >= 4 is 17.3 Å². The standard InChI is InChI=1S/C20H25F3N4OS/c1-24-19(25-13-15-4-2-5-16(12-15)20(21,22)23)26-14-17(18-6-3-11-29-18)27-7-9-28-10-8-27/h2-6,11-12,17H,7-10,13-14H2,1H3,(H2,24,25,26). The predicted molar refractivity (Wildman–Crippen MR) is 109 cm³/mol. The third-order valence-electron chi connectivity index (χ3n) is 4.76. The molecule has 2 aromatic rings. The van der Waals surface area contributed by atoms with Crippen LogP contribution in [0.2, 0.25) is 0 Å². The summed E-state index contributed by atoms with van der Waals surface area (Å²) in [6.45, 7) is 4.05. The number of alkyl halides is 3. The average Bonchev–Trinajstić information content (AvgIpc) is 3.25. The normalized spacial score (nSPS) is 17.2. The summed E-state index contributed by atoms with van der Waals surface area (Å²) in [5, 5.41) is 8.47. The van der Waals surface area contributed by atoms with Crippen LogP contribution in [-0.2, 0) is 17.5 Å². The van der Waals surface area contributed by atoms with Gasteiger partial charge in [0.05, 0.1) is 24.8 Å². The maximum Gasteiger partial charge on any atom is 0.416 e. The van der Waals surface area contributed by atoms with Gasteiger partial charge in [0.1, 0.15) is 0 Å². The Balaban J connectivity index is 1.59. The van der Waals surface area contributed by atoms with E-state index in [0.29, 0.717) is 31.3 Å². The average molecular weight is 427 g/mol. The quantitative estimate of drug-likeness (QED) is 0.548. The number of ether oxygens (including phenoxy) is 1. The van der Waals surface area contributed by atoms with Gasteiger partial charge in [-0.3, -0.25) is 9.89 Å². The lowest BCUT2D eigenvalue weighted by atomic mass is 10.1. The molecule has 29 heavy (non-hydrogen) atoms. The van der Waals surface area contributed by atoms with Crippen molar-refractivity contribution in [2.75, 3.05) is 39.9 Å². The van der Waals surface area contributed by atoms with Crippen molar-refractivity contribution in [2.45, 2.75) is 18.8 Å². The lowest BCUT2D eigenvalue weighted by Gasteiger charge is -2.34. The lowest BCUT2D eigenvalue weighted by Crippen LogP contribution is -2.46. The van der Waals surface area contributed by atoms with Crippen LogP contribution in [0.15, 0.2) is 46.8 Å². The van der Waals surface area contributed by atoms with Crippen molar-refractivity contribution in [1.29, 1.82) is 0 Å². The number of aliphatic imine (C=N–C) groups is 1. The van der Waals surface area contributed by atoms with Crippen LogP contribution < -0.4 is 10.6 Å². The Labute approximate surface area is 172 Å². The highest BCUT2D eigenvalue weighted by Gasteiger charge is 2.30. The molecule has 2 heterocycles. The number of hydrogen-bond acceptors (Lipinski definition) is 4. The highest BCUT2D eigenvalue weighted by Crippen LogP contribution is 2.29. The highest BCUT2D eigenvalue weighted by atomic mass is 32.1. The van der Waals surface area contributed by atoms with E-state index in [0.717, 1.165) is 25.2 Å². The zero-order valence-corrected chi connectivity index (χ0v) is 17.0. The van der Waals surface area contributed by atoms with E-state index in [4.69, 9.17) is 4.74 Å². The summed E-state index contributed by atoms with van der Waals surface area (Å²) in [6, 6.07) is 9.65. The van der Waals surface area contributed by atoms with E-state index < -0.39 is 11.7 Å². The zero-order valence-electron chi connectivity index (χ0n) is 16.2. The fourth-order valence-corrected chi connectivity index (χ4v) is 4.10. The van der Waals surface area contributed by atoms with Gasteiger partial charge in [0.25, 0.3) is 0 Å². The number of guanidine groups is 1. The predicted octanol–water partition coefficient (Wildman–Crippen LogP) is 3.51. The Hall–Kier alpha value is -2.10. The molecule has 0 saturated carbocycles. The third-order valence-corrected chi connectivity index (χ3v) is 5.73. The van der Waals surface area contributed by atoms with Gasteiger partial charge in [-0.15, -0.1) is 11.3 Å². The minimum Gasteiger partial charge on any atom is -0.379 e. The number of morpholine rings is 1. The van der Waals surface area contributed by atoms with Crippen molar-refractivity contribution in [3.8, 4) is 0 Å². The summed E-state index contributed by atoms with van der Waals surface area (Å²) in [6.07, 6.45) is -4.35. The van der Waals surface area contributed by atoms with E-state index in [1.54, 1.807) is 24.5 Å². The minimum absolute atomic E-state index is 0.186. The Morgan fingerprint density at radius 2 is 2.00 bits per heavy atom. The monoisotopic (exact) mass is 426 g/mol. The molecule has 1 aromatic carbocycles. The van der Waals surface area contributed by atoms with Gasteiger partial charge >= 0.3 is 6.18 Å². The van der Waals surface area contributed by atoms with E-state index in [1.165, 1.54) is 10.9 Å². The SMILES string of the molecule is CN=C(NCc1cccc(C(F)(F)F)c1)NCC(c1cccs1)N1CCOCC1. The molecule has 1 aliphatic heterocycles. The first-order chi connectivity index (χ1) is 14.0. The molecule has 0 spiro atoms. The van der Waals surface area contributed by atoms with E-state index in [-0.39, 0.29) is 12.6 Å². The Bertz CT molecular complexity index is 789. The molecular formula is C20H25F3N4OS. The maximum atomic E-state index is 12.9. The van der Waals surface area contributed by atoms with Crippen LogP contribution in [0.1, 0.15) is 22.0 Å². The molecule has 1 fully saturated rings. The van der Waals surface area contributed by atoms with Gasteiger partial charge in [0, 0.05) is 38.1 Å². The van der Waals surface area contributed by atoms with E-state index in [2.05, 4.69) is 32.0 Å². The number of halogens is 3. The summed E-state index contributed by atoms with van der Waals surface area (Å²) in [7, 11) is 1.65. The first-order valence-corrected chi connectivity index (χ1v) is 10.3. The largest absolute Gasteiger partial charge is 0.416 e. The second-order valence-electron chi connectivity index (χ2n) is 6.68. The number of benzene rings is 1. The molecule has 0 radical (unpaired) electrons. The Morgan fingerprint density at radius 3 is 2.66 bits per heavy atom. The van der Waals surface area contributed by atoms with Gasteiger partial charge in [0.2, 0.25) is 0 Å². The first-order valence-electron chi connectivity index (χ1n) is 9.43. The fraction of sp³-hybridized carbons (Fsp3) is 0.450. The fourth-order valence-electron chi connectivity index (χ4n) is 3.24. The van der Waals surface area contributed by atoms with Gasteiger partial charge in [-0.1, -0.05) is 18.2 Å². The summed E-state index contributed by atoms with van der Waals surface area (Å²) in [5.41, 5.74) is -0.101. The van der Waals surface area contributed by atoms with Crippen molar-refractivity contribution < 1.29 is 17.9 Å². The first kappa shape index (κ1) is 21.6. The van der Waals surface area contributed by atoms with Gasteiger partial charge in [0.15, 0.2) is 5.96 Å². The molecule has 0 amide bonds. The zero-order chi connectivity index (χ0) is 20.7. The second kappa shape index (κ2) is 10.1. The molecule has 158 valence electrons. The van der Waals surface area contributed by atoms with E-state index in [1.807, 2.05) is 6.07 Å². The van der Waals surface area contributed by atoms with Gasteiger partial charge in [-0.25, -0.2) is 0 Å². The van der Waals surface area contributed by atoms with E-state index in [9.17, 15) is 13.2 Å². The minimum atomic E-state index is -4.35. The van der Waals surface area contributed by atoms with Crippen LogP contribution in [0.25, 0.3) is 0 Å². The van der Waals surface area contributed by atoms with Crippen molar-refractivity contribution in [1.82, 2.24) is 15.5 Å². The van der Waals surface area contributed by atoms with Gasteiger partial charge in [-0.2, -0.15) is 13.2 Å². The number of nitrogens with zero attached hydrogens (tertiary/aromatic N) is 2. The number of hydrogen-bond donors (Lipinski definition) is 2. The molecule has 3 rings (SSSR count). The smallest absolute Gasteiger partial charge is 0.379 e. The molecule has 1 atom stereocenters. The Kier molecular flexibility index (Phi) is 7.51. The third kappa shape index (κ3) is 6.19. The van der Waals surface area contributed by atoms with Crippen LogP contribution in [0.5, 0.6) is 0 Å². The summed E-state index contributed by atoms with van der Waals surface area (Å²) in [5.74, 6) is 0.553. The molecular weight excluding hydrogens is 401 g/mol. The van der Waals surface area contributed by atoms with Gasteiger partial charge < -0.3 is 15.4 Å². The molecule has 1 aliphatic rings. The molecule has 1 saturated heterocycles. The molecule has 0 bridgehead atoms. The summed E-state index contributed by atoms with van der Waals surface area (Å²) < 4.78 is 44.1. The van der Waals surface area contributed by atoms with Crippen LogP contribution >= 0.6 is 11.3 Å². The van der Waals surface area contributed by atoms with Crippen LogP contribution in [-0.4, -0.2) is 50.8 Å². The molecule has 2 N–H and O–H groups in total. The van der Waals surface area contributed by atoms with Crippen LogP contribution in [0, 0.1) is 0 Å². The van der Waals surface area contributed by atoms with E-state index >= 15 is 0 Å². The van der Waals surface area contributed by atoms with Crippen molar-refractivity contribution in [3.05, 3.63) is 57.8 Å². The summed E-state index contributed by atoms with van der Waals surface area (Å²) >= 11 is 1.71. The maximum absolute atomic E-state index is 12.9. The van der Waals surface area contributed by atoms with Crippen molar-refractivity contribution in [3.63, 3.8) is 0 Å². The number of rotatable bonds is 6. The highest BCUT2D eigenvalue weighted by molar-refractivity contribution is 7.10. The van der Waals surface area contributed by atoms with Crippen molar-refractivity contribution in [2.24, 2.45) is 4.99 Å². The van der Waals surface area contributed by atoms with Gasteiger partial charge in [-0.05, 0) is 29.1 Å². The lowest BCUT2D eigenvalue weighted by molar-refractivity contribution is -0.137. The topological polar surface area (TPSA) is 48.9 Å². The molecule has 9 heteroatoms. The molecule has 1 aromatic heterocycles. The number of nitrogens with one attached hydrogen (secondary N) is 2. The number of thiophene rings is 1. The molecule has 1 unspecified atom stereocenters. The van der Waals surface area contributed by atoms with Crippen LogP contribution in [0.3, 0.4) is 0 Å². The van der Waals surface area contributed by atoms with Crippen LogP contribution in [0.4, 0.5) is 13.2 Å². The molecule has 0 aliphatic carbocycles.